The number of esters is 1. The van der Waals surface area contributed by atoms with Crippen LogP contribution >= 0.6 is 0 Å². The third-order valence-electron chi connectivity index (χ3n) is 7.69. The van der Waals surface area contributed by atoms with Gasteiger partial charge in [0.05, 0.1) is 6.61 Å². The topological polar surface area (TPSA) is 55.8 Å². The Morgan fingerprint density at radius 2 is 0.977 bits per heavy atom. The summed E-state index contributed by atoms with van der Waals surface area (Å²) in [6.07, 6.45) is 45.9. The lowest BCUT2D eigenvalue weighted by molar-refractivity contribution is -0.149. The van der Waals surface area contributed by atoms with Gasteiger partial charge in [0.2, 0.25) is 0 Å². The molecule has 1 unspecified atom stereocenters. The predicted molar refractivity (Wildman–Crippen MR) is 187 cm³/mol. The van der Waals surface area contributed by atoms with E-state index < -0.39 is 6.10 Å². The molecule has 4 nitrogen and oxygen atoms in total. The zero-order chi connectivity index (χ0) is 31.3. The molecule has 0 aromatic carbocycles. The van der Waals surface area contributed by atoms with Gasteiger partial charge in [0, 0.05) is 13.0 Å². The molecule has 1 atom stereocenters. The number of ether oxygens (including phenoxy) is 2. The van der Waals surface area contributed by atoms with Crippen molar-refractivity contribution in [2.24, 2.45) is 0 Å². The van der Waals surface area contributed by atoms with Crippen LogP contribution in [0.5, 0.6) is 0 Å². The Hall–Kier alpha value is -1.65. The van der Waals surface area contributed by atoms with Crippen LogP contribution < -0.4 is 0 Å². The van der Waals surface area contributed by atoms with Crippen molar-refractivity contribution in [1.82, 2.24) is 0 Å². The van der Waals surface area contributed by atoms with Crippen LogP contribution in [0.1, 0.15) is 168 Å². The highest BCUT2D eigenvalue weighted by Crippen LogP contribution is 2.13. The smallest absolute Gasteiger partial charge is 0.305 e. The van der Waals surface area contributed by atoms with Gasteiger partial charge in [-0.25, -0.2) is 0 Å². The van der Waals surface area contributed by atoms with Gasteiger partial charge in [-0.3, -0.25) is 4.79 Å². The van der Waals surface area contributed by atoms with E-state index in [0.29, 0.717) is 13.0 Å². The number of rotatable bonds is 33. The standard InChI is InChI=1S/C39H70O4/c1-3-5-7-9-11-13-15-17-18-19-20-21-23-25-27-29-31-33-35-42-38(36-40)37-43-39(41)34-32-30-28-26-24-22-16-14-12-10-8-6-4-2/h11,13,17-18,20-21,25,27,38,40H,3-10,12,14-16,19,22-24,26,28-37H2,1-2H3/b13-11-,18-17-,21-20-,27-25-. The van der Waals surface area contributed by atoms with Crippen LogP contribution in [0.3, 0.4) is 0 Å². The van der Waals surface area contributed by atoms with E-state index in [2.05, 4.69) is 62.5 Å². The molecule has 0 saturated heterocycles. The lowest BCUT2D eigenvalue weighted by Gasteiger charge is -2.15. The molecule has 0 radical (unpaired) electrons. The van der Waals surface area contributed by atoms with E-state index in [1.807, 2.05) is 0 Å². The van der Waals surface area contributed by atoms with Crippen LogP contribution in [0.25, 0.3) is 0 Å². The number of hydrogen-bond donors (Lipinski definition) is 1. The van der Waals surface area contributed by atoms with E-state index in [9.17, 15) is 9.90 Å². The van der Waals surface area contributed by atoms with Gasteiger partial charge in [-0.1, -0.05) is 152 Å². The minimum Gasteiger partial charge on any atom is -0.463 e. The maximum Gasteiger partial charge on any atom is 0.305 e. The fourth-order valence-corrected chi connectivity index (χ4v) is 4.87. The second-order valence-electron chi connectivity index (χ2n) is 11.9. The summed E-state index contributed by atoms with van der Waals surface area (Å²) in [5.41, 5.74) is 0. The first-order valence-electron chi connectivity index (χ1n) is 18.2. The molecular formula is C39H70O4. The van der Waals surface area contributed by atoms with Crippen molar-refractivity contribution in [3.05, 3.63) is 48.6 Å². The van der Waals surface area contributed by atoms with E-state index >= 15 is 0 Å². The molecule has 0 aliphatic carbocycles. The monoisotopic (exact) mass is 603 g/mol. The Morgan fingerprint density at radius 1 is 0.558 bits per heavy atom. The van der Waals surface area contributed by atoms with Gasteiger partial charge >= 0.3 is 5.97 Å². The molecule has 0 aliphatic rings. The zero-order valence-corrected chi connectivity index (χ0v) is 28.5. The van der Waals surface area contributed by atoms with Crippen LogP contribution in [0.4, 0.5) is 0 Å². The molecule has 4 heteroatoms. The third-order valence-corrected chi connectivity index (χ3v) is 7.69. The Balaban J connectivity index is 3.55. The fourth-order valence-electron chi connectivity index (χ4n) is 4.87. The highest BCUT2D eigenvalue weighted by molar-refractivity contribution is 5.69. The lowest BCUT2D eigenvalue weighted by atomic mass is 10.0. The molecule has 0 amide bonds. The molecule has 250 valence electrons. The van der Waals surface area contributed by atoms with Crippen molar-refractivity contribution in [3.8, 4) is 0 Å². The first-order chi connectivity index (χ1) is 21.2. The van der Waals surface area contributed by atoms with Crippen molar-refractivity contribution >= 4 is 5.97 Å². The molecule has 0 bridgehead atoms. The summed E-state index contributed by atoms with van der Waals surface area (Å²) in [4.78, 5) is 12.0. The average Bonchev–Trinajstić information content (AvgIpc) is 3.02. The van der Waals surface area contributed by atoms with Crippen molar-refractivity contribution in [2.75, 3.05) is 19.8 Å². The van der Waals surface area contributed by atoms with E-state index in [1.54, 1.807) is 0 Å². The van der Waals surface area contributed by atoms with Gasteiger partial charge < -0.3 is 14.6 Å². The minimum atomic E-state index is -0.424. The summed E-state index contributed by atoms with van der Waals surface area (Å²) in [6, 6.07) is 0. The molecule has 0 aliphatic heterocycles. The zero-order valence-electron chi connectivity index (χ0n) is 28.5. The van der Waals surface area contributed by atoms with E-state index in [-0.39, 0.29) is 19.2 Å². The maximum absolute atomic E-state index is 12.0. The van der Waals surface area contributed by atoms with Gasteiger partial charge in [-0.15, -0.1) is 0 Å². The first kappa shape index (κ1) is 41.4. The van der Waals surface area contributed by atoms with Gasteiger partial charge in [0.1, 0.15) is 12.7 Å². The van der Waals surface area contributed by atoms with E-state index in [0.717, 1.165) is 51.4 Å². The molecule has 0 aromatic heterocycles. The fraction of sp³-hybridized carbons (Fsp3) is 0.769. The molecule has 0 spiro atoms. The van der Waals surface area contributed by atoms with Crippen molar-refractivity contribution in [2.45, 2.75) is 174 Å². The minimum absolute atomic E-state index is 0.122. The highest BCUT2D eigenvalue weighted by Gasteiger charge is 2.11. The van der Waals surface area contributed by atoms with Crippen molar-refractivity contribution in [1.29, 1.82) is 0 Å². The first-order valence-corrected chi connectivity index (χ1v) is 18.2. The van der Waals surface area contributed by atoms with Crippen LogP contribution in [-0.2, 0) is 14.3 Å². The van der Waals surface area contributed by atoms with Gasteiger partial charge in [-0.2, -0.15) is 0 Å². The largest absolute Gasteiger partial charge is 0.463 e. The van der Waals surface area contributed by atoms with Crippen molar-refractivity contribution in [3.63, 3.8) is 0 Å². The Morgan fingerprint density at radius 3 is 1.47 bits per heavy atom. The average molecular weight is 603 g/mol. The van der Waals surface area contributed by atoms with Crippen LogP contribution in [0.15, 0.2) is 48.6 Å². The summed E-state index contributed by atoms with van der Waals surface area (Å²) in [5.74, 6) is -0.175. The predicted octanol–water partition coefficient (Wildman–Crippen LogP) is 11.5. The summed E-state index contributed by atoms with van der Waals surface area (Å²) < 4.78 is 11.1. The van der Waals surface area contributed by atoms with Gasteiger partial charge in [0.25, 0.3) is 0 Å². The lowest BCUT2D eigenvalue weighted by Crippen LogP contribution is -2.26. The summed E-state index contributed by atoms with van der Waals surface area (Å²) >= 11 is 0. The number of carbonyl (C=O) groups excluding carboxylic acids is 1. The van der Waals surface area contributed by atoms with E-state index in [1.165, 1.54) is 96.3 Å². The molecule has 43 heavy (non-hydrogen) atoms. The maximum atomic E-state index is 12.0. The number of allylic oxidation sites excluding steroid dienone is 8. The summed E-state index contributed by atoms with van der Waals surface area (Å²) in [5, 5.41) is 9.55. The van der Waals surface area contributed by atoms with Gasteiger partial charge in [-0.05, 0) is 57.8 Å². The number of carbonyl (C=O) groups is 1. The molecule has 0 fully saturated rings. The van der Waals surface area contributed by atoms with Crippen molar-refractivity contribution < 1.29 is 19.4 Å². The number of aliphatic hydroxyl groups excluding tert-OH is 1. The second-order valence-corrected chi connectivity index (χ2v) is 11.9. The SMILES string of the molecule is CCCCC/C=C\C/C=C\C/C=C\C/C=C\CCCCOC(CO)COC(=O)CCCCCCCCCCCCCCC. The number of unbranched alkanes of at least 4 members (excludes halogenated alkanes) is 17. The van der Waals surface area contributed by atoms with Crippen LogP contribution in [0.2, 0.25) is 0 Å². The Labute approximate surface area is 267 Å². The molecule has 0 rings (SSSR count). The van der Waals surface area contributed by atoms with Crippen LogP contribution in [0, 0.1) is 0 Å². The van der Waals surface area contributed by atoms with Crippen LogP contribution in [-0.4, -0.2) is 37.0 Å². The second kappa shape index (κ2) is 36.5. The third kappa shape index (κ3) is 34.7. The van der Waals surface area contributed by atoms with E-state index in [4.69, 9.17) is 9.47 Å². The molecule has 1 N–H and O–H groups in total. The normalized spacial score (nSPS) is 12.9. The quantitative estimate of drug-likeness (QED) is 0.0461. The molecular weight excluding hydrogens is 532 g/mol. The Bertz CT molecular complexity index is 679. The highest BCUT2D eigenvalue weighted by atomic mass is 16.6. The summed E-state index contributed by atoms with van der Waals surface area (Å²) in [6.45, 7) is 5.11. The molecule has 0 saturated carbocycles. The number of aliphatic hydroxyl groups is 1. The summed E-state index contributed by atoms with van der Waals surface area (Å²) in [7, 11) is 0. The Kier molecular flexibility index (Phi) is 35.1. The number of hydrogen-bond acceptors (Lipinski definition) is 4. The molecule has 0 heterocycles. The molecule has 0 aromatic rings. The van der Waals surface area contributed by atoms with Gasteiger partial charge in [0.15, 0.2) is 0 Å².